The average Bonchev–Trinajstić information content (AvgIpc) is 2.81. The first-order valence-electron chi connectivity index (χ1n) is 6.71. The van der Waals surface area contributed by atoms with Gasteiger partial charge in [0.15, 0.2) is 16.8 Å². The number of carbonyl (C=O) groups is 1. The van der Waals surface area contributed by atoms with E-state index in [0.29, 0.717) is 16.5 Å². The molecule has 2 aromatic rings. The molecule has 1 aromatic heterocycles. The molecular weight excluding hydrogens is 286 g/mol. The van der Waals surface area contributed by atoms with Gasteiger partial charge in [-0.3, -0.25) is 4.79 Å². The van der Waals surface area contributed by atoms with E-state index >= 15 is 0 Å². The third-order valence-corrected chi connectivity index (χ3v) is 4.64. The molecule has 1 heterocycles. The summed E-state index contributed by atoms with van der Waals surface area (Å²) in [5.74, 6) is 0.556. The lowest BCUT2D eigenvalue weighted by Gasteiger charge is -2.11. The van der Waals surface area contributed by atoms with Crippen LogP contribution < -0.4 is 0 Å². The Morgan fingerprint density at radius 3 is 2.62 bits per heavy atom. The van der Waals surface area contributed by atoms with Crippen molar-refractivity contribution in [1.82, 2.24) is 14.8 Å². The van der Waals surface area contributed by atoms with E-state index in [-0.39, 0.29) is 17.6 Å². The van der Waals surface area contributed by atoms with Crippen molar-refractivity contribution in [2.75, 3.05) is 0 Å². The molecule has 2 rings (SSSR count). The van der Waals surface area contributed by atoms with Crippen molar-refractivity contribution in [2.24, 2.45) is 7.05 Å². The molecule has 0 amide bonds. The van der Waals surface area contributed by atoms with Gasteiger partial charge in [-0.1, -0.05) is 23.9 Å². The number of aromatic nitrogens is 3. The van der Waals surface area contributed by atoms with Crippen molar-refractivity contribution >= 4 is 17.5 Å². The number of rotatable bonds is 5. The Kier molecular flexibility index (Phi) is 4.80. The second kappa shape index (κ2) is 6.41. The van der Waals surface area contributed by atoms with Gasteiger partial charge in [-0.25, -0.2) is 0 Å². The first kappa shape index (κ1) is 15.7. The number of benzene rings is 1. The molecule has 1 N–H and O–H groups in total. The van der Waals surface area contributed by atoms with Crippen LogP contribution >= 0.6 is 11.8 Å². The lowest BCUT2D eigenvalue weighted by atomic mass is 10.0. The summed E-state index contributed by atoms with van der Waals surface area (Å²) in [5.41, 5.74) is 3.00. The van der Waals surface area contributed by atoms with Crippen LogP contribution in [0.4, 0.5) is 0 Å². The van der Waals surface area contributed by atoms with Crippen molar-refractivity contribution in [3.05, 3.63) is 40.7 Å². The number of hydrogen-bond acceptors (Lipinski definition) is 5. The topological polar surface area (TPSA) is 68.0 Å². The van der Waals surface area contributed by atoms with E-state index in [2.05, 4.69) is 10.2 Å². The number of ketones is 1. The molecule has 0 aliphatic heterocycles. The van der Waals surface area contributed by atoms with E-state index in [4.69, 9.17) is 5.11 Å². The van der Waals surface area contributed by atoms with Gasteiger partial charge in [-0.05, 0) is 38.0 Å². The maximum absolute atomic E-state index is 12.5. The lowest BCUT2D eigenvalue weighted by molar-refractivity contribution is 0.0993. The molecule has 5 nitrogen and oxygen atoms in total. The van der Waals surface area contributed by atoms with Gasteiger partial charge in [0.2, 0.25) is 0 Å². The van der Waals surface area contributed by atoms with Gasteiger partial charge in [0.05, 0.1) is 5.25 Å². The Labute approximate surface area is 128 Å². The van der Waals surface area contributed by atoms with Crippen molar-refractivity contribution in [3.63, 3.8) is 0 Å². The predicted octanol–water partition coefficient (Wildman–Crippen LogP) is 2.29. The molecule has 0 spiro atoms. The monoisotopic (exact) mass is 305 g/mol. The van der Waals surface area contributed by atoms with Crippen LogP contribution in [0.2, 0.25) is 0 Å². The minimum absolute atomic E-state index is 0.0663. The predicted molar refractivity (Wildman–Crippen MR) is 82.5 cm³/mol. The summed E-state index contributed by atoms with van der Waals surface area (Å²) in [7, 11) is 1.78. The lowest BCUT2D eigenvalue weighted by Crippen LogP contribution is -2.15. The fourth-order valence-electron chi connectivity index (χ4n) is 1.93. The molecule has 0 bridgehead atoms. The highest BCUT2D eigenvalue weighted by molar-refractivity contribution is 8.00. The number of thioether (sulfide) groups is 1. The minimum Gasteiger partial charge on any atom is -0.388 e. The summed E-state index contributed by atoms with van der Waals surface area (Å²) in [6.07, 6.45) is 0. The van der Waals surface area contributed by atoms with Crippen LogP contribution in [0.15, 0.2) is 23.4 Å². The Morgan fingerprint density at radius 1 is 1.33 bits per heavy atom. The van der Waals surface area contributed by atoms with Gasteiger partial charge in [0.1, 0.15) is 6.61 Å². The number of aryl methyl sites for hydroxylation is 2. The van der Waals surface area contributed by atoms with E-state index in [1.54, 1.807) is 11.6 Å². The fourth-order valence-corrected chi connectivity index (χ4v) is 2.84. The van der Waals surface area contributed by atoms with Crippen LogP contribution in [0.25, 0.3) is 0 Å². The number of aliphatic hydroxyl groups is 1. The molecule has 1 aromatic carbocycles. The average molecular weight is 305 g/mol. The van der Waals surface area contributed by atoms with E-state index in [1.165, 1.54) is 17.3 Å². The van der Waals surface area contributed by atoms with Crippen molar-refractivity contribution in [3.8, 4) is 0 Å². The molecule has 6 heteroatoms. The maximum atomic E-state index is 12.5. The highest BCUT2D eigenvalue weighted by Gasteiger charge is 2.20. The normalized spacial score (nSPS) is 12.4. The van der Waals surface area contributed by atoms with Gasteiger partial charge in [-0.2, -0.15) is 0 Å². The molecule has 112 valence electrons. The second-order valence-electron chi connectivity index (χ2n) is 5.04. The quantitative estimate of drug-likeness (QED) is 0.678. The molecule has 0 saturated heterocycles. The molecule has 0 aliphatic rings. The third-order valence-electron chi connectivity index (χ3n) is 3.51. The molecule has 0 fully saturated rings. The van der Waals surface area contributed by atoms with Crippen LogP contribution in [0.3, 0.4) is 0 Å². The van der Waals surface area contributed by atoms with Gasteiger partial charge in [0, 0.05) is 12.6 Å². The second-order valence-corrected chi connectivity index (χ2v) is 6.35. The standard InChI is InChI=1S/C15H19N3O2S/c1-9-5-6-12(7-10(9)2)14(20)11(3)21-15-17-16-13(8-19)18(15)4/h5-7,11,19H,8H2,1-4H3. The Balaban J connectivity index is 2.15. The molecule has 1 atom stereocenters. The smallest absolute Gasteiger partial charge is 0.191 e. The van der Waals surface area contributed by atoms with Gasteiger partial charge < -0.3 is 9.67 Å². The number of carbonyl (C=O) groups excluding carboxylic acids is 1. The Bertz CT molecular complexity index is 667. The van der Waals surface area contributed by atoms with E-state index < -0.39 is 0 Å². The van der Waals surface area contributed by atoms with Crippen molar-refractivity contribution < 1.29 is 9.90 Å². The van der Waals surface area contributed by atoms with Crippen LogP contribution in [0, 0.1) is 13.8 Å². The molecular formula is C15H19N3O2S. The highest BCUT2D eigenvalue weighted by atomic mass is 32.2. The fraction of sp³-hybridized carbons (Fsp3) is 0.400. The summed E-state index contributed by atoms with van der Waals surface area (Å²) < 4.78 is 1.70. The van der Waals surface area contributed by atoms with Crippen molar-refractivity contribution in [2.45, 2.75) is 37.8 Å². The van der Waals surface area contributed by atoms with E-state index in [1.807, 2.05) is 39.0 Å². The zero-order chi connectivity index (χ0) is 15.6. The summed E-state index contributed by atoms with van der Waals surface area (Å²) in [6.45, 7) is 5.72. The molecule has 1 unspecified atom stereocenters. The highest BCUT2D eigenvalue weighted by Crippen LogP contribution is 2.24. The van der Waals surface area contributed by atoms with Gasteiger partial charge in [0.25, 0.3) is 0 Å². The zero-order valence-corrected chi connectivity index (χ0v) is 13.4. The molecule has 21 heavy (non-hydrogen) atoms. The minimum atomic E-state index is -0.262. The van der Waals surface area contributed by atoms with Crippen molar-refractivity contribution in [1.29, 1.82) is 0 Å². The molecule has 0 saturated carbocycles. The van der Waals surface area contributed by atoms with Crippen LogP contribution in [0.5, 0.6) is 0 Å². The maximum Gasteiger partial charge on any atom is 0.191 e. The number of nitrogens with zero attached hydrogens (tertiary/aromatic N) is 3. The number of hydrogen-bond donors (Lipinski definition) is 1. The van der Waals surface area contributed by atoms with E-state index in [0.717, 1.165) is 5.56 Å². The van der Waals surface area contributed by atoms with Crippen LogP contribution in [-0.2, 0) is 13.7 Å². The third kappa shape index (κ3) is 3.33. The first-order chi connectivity index (χ1) is 9.93. The summed E-state index contributed by atoms with van der Waals surface area (Å²) in [4.78, 5) is 12.5. The van der Waals surface area contributed by atoms with Gasteiger partial charge >= 0.3 is 0 Å². The van der Waals surface area contributed by atoms with Gasteiger partial charge in [-0.15, -0.1) is 10.2 Å². The van der Waals surface area contributed by atoms with Crippen LogP contribution in [-0.4, -0.2) is 30.9 Å². The number of Topliss-reactive ketones (excluding diaryl/α,β-unsaturated/α-hetero) is 1. The summed E-state index contributed by atoms with van der Waals surface area (Å²) in [6, 6.07) is 5.74. The van der Waals surface area contributed by atoms with E-state index in [9.17, 15) is 4.79 Å². The Morgan fingerprint density at radius 2 is 2.05 bits per heavy atom. The SMILES string of the molecule is Cc1ccc(C(=O)C(C)Sc2nnc(CO)n2C)cc1C. The summed E-state index contributed by atoms with van der Waals surface area (Å²) >= 11 is 1.35. The largest absolute Gasteiger partial charge is 0.388 e. The molecule has 0 radical (unpaired) electrons. The first-order valence-corrected chi connectivity index (χ1v) is 7.59. The number of aliphatic hydroxyl groups excluding tert-OH is 1. The molecule has 0 aliphatic carbocycles. The summed E-state index contributed by atoms with van der Waals surface area (Å²) in [5, 5.41) is 17.3. The zero-order valence-electron chi connectivity index (χ0n) is 12.6. The Hall–Kier alpha value is -1.66. The van der Waals surface area contributed by atoms with Crippen LogP contribution in [0.1, 0.15) is 34.2 Å².